The van der Waals surface area contributed by atoms with Crippen molar-refractivity contribution < 1.29 is 14.7 Å². The van der Waals surface area contributed by atoms with Gasteiger partial charge in [-0.3, -0.25) is 14.2 Å². The number of aromatic amines is 1. The van der Waals surface area contributed by atoms with E-state index in [2.05, 4.69) is 11.1 Å². The summed E-state index contributed by atoms with van der Waals surface area (Å²) in [6.07, 6.45) is 3.62. The number of pyridine rings is 1. The van der Waals surface area contributed by atoms with Crippen molar-refractivity contribution in [3.05, 3.63) is 100 Å². The van der Waals surface area contributed by atoms with Gasteiger partial charge >= 0.3 is 11.7 Å². The second kappa shape index (κ2) is 11.4. The van der Waals surface area contributed by atoms with Crippen LogP contribution in [0.1, 0.15) is 54.1 Å². The van der Waals surface area contributed by atoms with E-state index >= 15 is 0 Å². The van der Waals surface area contributed by atoms with Crippen LogP contribution in [0.15, 0.2) is 83.7 Å². The van der Waals surface area contributed by atoms with Gasteiger partial charge in [-0.15, -0.1) is 0 Å². The number of rotatable bonds is 8. The number of amides is 1. The van der Waals surface area contributed by atoms with E-state index in [-0.39, 0.29) is 24.1 Å². The molecule has 41 heavy (non-hydrogen) atoms. The molecule has 1 aliphatic rings. The molecule has 2 N–H and O–H groups in total. The molecule has 1 aliphatic heterocycles. The number of aromatic nitrogens is 3. The van der Waals surface area contributed by atoms with Crippen LogP contribution in [0.2, 0.25) is 0 Å². The highest BCUT2D eigenvalue weighted by Crippen LogP contribution is 2.29. The van der Waals surface area contributed by atoms with Crippen LogP contribution in [0.25, 0.3) is 33.2 Å². The summed E-state index contributed by atoms with van der Waals surface area (Å²) in [5, 5.41) is 9.92. The zero-order valence-corrected chi connectivity index (χ0v) is 22.8. The van der Waals surface area contributed by atoms with Gasteiger partial charge in [-0.2, -0.15) is 0 Å². The Balaban J connectivity index is 1.22. The number of aliphatic carboxylic acids is 1. The van der Waals surface area contributed by atoms with Crippen LogP contribution >= 0.6 is 0 Å². The number of carbonyl (C=O) groups excluding carboxylic acids is 1. The number of H-pyrrole nitrogens is 1. The molecular formula is C33H32N4O4. The normalized spacial score (nSPS) is 14.1. The molecule has 1 saturated heterocycles. The number of hydrogen-bond acceptors (Lipinski definition) is 4. The number of fused-ring (bicyclic) bond motifs is 2. The quantitative estimate of drug-likeness (QED) is 0.238. The van der Waals surface area contributed by atoms with Gasteiger partial charge in [0.2, 0.25) is 0 Å². The number of likely N-dealkylation sites (tertiary alicyclic amines) is 1. The van der Waals surface area contributed by atoms with E-state index in [4.69, 9.17) is 10.1 Å². The Bertz CT molecular complexity index is 1780. The lowest BCUT2D eigenvalue weighted by molar-refractivity contribution is -0.137. The SMILES string of the molecule is O=C(O)CCCCc1cc2cc(C(=O)N3CCC(n4c(=O)[nH]c5ccccc54)CC3)ccc2nc1-c1ccccc1. The fraction of sp³-hybridized carbons (Fsp3) is 0.273. The number of benzene rings is 3. The summed E-state index contributed by atoms with van der Waals surface area (Å²) in [7, 11) is 0. The van der Waals surface area contributed by atoms with Crippen LogP contribution in [0.4, 0.5) is 0 Å². The molecule has 1 amide bonds. The fourth-order valence-electron chi connectivity index (χ4n) is 5.93. The van der Waals surface area contributed by atoms with E-state index in [9.17, 15) is 14.4 Å². The second-order valence-corrected chi connectivity index (χ2v) is 10.7. The van der Waals surface area contributed by atoms with E-state index in [0.717, 1.165) is 45.2 Å². The van der Waals surface area contributed by atoms with Gasteiger partial charge in [0, 0.05) is 42.1 Å². The molecule has 8 heteroatoms. The highest BCUT2D eigenvalue weighted by molar-refractivity contribution is 5.98. The van der Waals surface area contributed by atoms with E-state index < -0.39 is 5.97 Å². The molecule has 208 valence electrons. The predicted octanol–water partition coefficient (Wildman–Crippen LogP) is 5.82. The lowest BCUT2D eigenvalue weighted by Crippen LogP contribution is -2.40. The van der Waals surface area contributed by atoms with Crippen molar-refractivity contribution in [3.8, 4) is 11.3 Å². The maximum atomic E-state index is 13.5. The minimum absolute atomic E-state index is 0.0215. The van der Waals surface area contributed by atoms with Gasteiger partial charge < -0.3 is 15.0 Å². The lowest BCUT2D eigenvalue weighted by atomic mass is 9.97. The molecule has 8 nitrogen and oxygen atoms in total. The van der Waals surface area contributed by atoms with Gasteiger partial charge in [0.1, 0.15) is 0 Å². The molecule has 5 aromatic rings. The lowest BCUT2D eigenvalue weighted by Gasteiger charge is -2.32. The molecule has 0 radical (unpaired) electrons. The Kier molecular flexibility index (Phi) is 7.37. The number of carboxylic acid groups (broad SMARTS) is 1. The van der Waals surface area contributed by atoms with Crippen molar-refractivity contribution in [2.75, 3.05) is 13.1 Å². The summed E-state index contributed by atoms with van der Waals surface area (Å²) >= 11 is 0. The van der Waals surface area contributed by atoms with Crippen LogP contribution in [-0.2, 0) is 11.2 Å². The van der Waals surface area contributed by atoms with Crippen molar-refractivity contribution in [1.82, 2.24) is 19.4 Å². The molecule has 0 spiro atoms. The van der Waals surface area contributed by atoms with Crippen molar-refractivity contribution in [1.29, 1.82) is 0 Å². The van der Waals surface area contributed by atoms with E-state index in [1.54, 1.807) is 0 Å². The molecule has 0 saturated carbocycles. The number of aryl methyl sites for hydroxylation is 1. The molecule has 6 rings (SSSR count). The summed E-state index contributed by atoms with van der Waals surface area (Å²) in [5.74, 6) is -0.808. The number of unbranched alkanes of at least 4 members (excludes halogenated alkanes) is 1. The van der Waals surface area contributed by atoms with Gasteiger partial charge in [0.05, 0.1) is 22.2 Å². The Morgan fingerprint density at radius 3 is 2.46 bits per heavy atom. The zero-order valence-electron chi connectivity index (χ0n) is 22.8. The highest BCUT2D eigenvalue weighted by atomic mass is 16.4. The Hall–Kier alpha value is -4.72. The Morgan fingerprint density at radius 1 is 0.927 bits per heavy atom. The third kappa shape index (κ3) is 5.50. The number of nitrogens with zero attached hydrogens (tertiary/aromatic N) is 3. The summed E-state index contributed by atoms with van der Waals surface area (Å²) in [6, 6.07) is 25.5. The Morgan fingerprint density at radius 2 is 1.68 bits per heavy atom. The molecule has 0 bridgehead atoms. The smallest absolute Gasteiger partial charge is 0.326 e. The van der Waals surface area contributed by atoms with Crippen molar-refractivity contribution in [2.24, 2.45) is 0 Å². The topological polar surface area (TPSA) is 108 Å². The first-order valence-corrected chi connectivity index (χ1v) is 14.2. The summed E-state index contributed by atoms with van der Waals surface area (Å²) in [5.41, 5.74) is 6.01. The molecule has 1 fully saturated rings. The molecule has 3 aromatic carbocycles. The average Bonchev–Trinajstić information content (AvgIpc) is 3.34. The molecule has 0 unspecified atom stereocenters. The average molecular weight is 549 g/mol. The van der Waals surface area contributed by atoms with Crippen LogP contribution in [-0.4, -0.2) is 49.5 Å². The van der Waals surface area contributed by atoms with Gasteiger partial charge in [0.25, 0.3) is 5.91 Å². The number of carboxylic acids is 1. The third-order valence-corrected chi connectivity index (χ3v) is 8.02. The summed E-state index contributed by atoms with van der Waals surface area (Å²) < 4.78 is 1.83. The number of nitrogens with one attached hydrogen (secondary N) is 1. The predicted molar refractivity (Wildman–Crippen MR) is 159 cm³/mol. The maximum Gasteiger partial charge on any atom is 0.326 e. The van der Waals surface area contributed by atoms with Crippen molar-refractivity contribution in [2.45, 2.75) is 44.6 Å². The third-order valence-electron chi connectivity index (χ3n) is 8.02. The number of imidazole rings is 1. The van der Waals surface area contributed by atoms with E-state index in [0.29, 0.717) is 44.3 Å². The largest absolute Gasteiger partial charge is 0.481 e. The van der Waals surface area contributed by atoms with E-state index in [1.807, 2.05) is 82.3 Å². The van der Waals surface area contributed by atoms with Crippen LogP contribution in [0, 0.1) is 0 Å². The first-order valence-electron chi connectivity index (χ1n) is 14.2. The molecule has 3 heterocycles. The van der Waals surface area contributed by atoms with Crippen molar-refractivity contribution >= 4 is 33.8 Å². The first-order chi connectivity index (χ1) is 20.0. The maximum absolute atomic E-state index is 13.5. The van der Waals surface area contributed by atoms with Gasteiger partial charge in [0.15, 0.2) is 0 Å². The molecule has 0 atom stereocenters. The van der Waals surface area contributed by atoms with Crippen LogP contribution in [0.3, 0.4) is 0 Å². The zero-order chi connectivity index (χ0) is 28.3. The molecule has 0 aliphatic carbocycles. The minimum Gasteiger partial charge on any atom is -0.481 e. The fourth-order valence-corrected chi connectivity index (χ4v) is 5.93. The number of piperidine rings is 1. The highest BCUT2D eigenvalue weighted by Gasteiger charge is 2.27. The second-order valence-electron chi connectivity index (χ2n) is 10.7. The standard InChI is InChI=1S/C33H32N4O4/c38-30(39)13-7-4-10-23-20-25-21-24(14-15-27(25)34-31(23)22-8-2-1-3-9-22)32(40)36-18-16-26(17-19-36)37-29-12-6-5-11-28(29)35-33(37)41/h1-3,5-6,8-9,11-12,14-15,20-21,26H,4,7,10,13,16-19H2,(H,35,41)(H,38,39). The van der Waals surface area contributed by atoms with Crippen LogP contribution < -0.4 is 5.69 Å². The molecular weight excluding hydrogens is 516 g/mol. The number of carbonyl (C=O) groups is 2. The van der Waals surface area contributed by atoms with Gasteiger partial charge in [-0.25, -0.2) is 9.78 Å². The van der Waals surface area contributed by atoms with Crippen LogP contribution in [0.5, 0.6) is 0 Å². The van der Waals surface area contributed by atoms with E-state index in [1.165, 1.54) is 0 Å². The minimum atomic E-state index is -0.786. The Labute approximate surface area is 237 Å². The summed E-state index contributed by atoms with van der Waals surface area (Å²) in [4.78, 5) is 46.9. The molecule has 2 aromatic heterocycles. The number of para-hydroxylation sites is 2. The number of hydrogen-bond donors (Lipinski definition) is 2. The summed E-state index contributed by atoms with van der Waals surface area (Å²) in [6.45, 7) is 1.15. The first kappa shape index (κ1) is 26.5. The van der Waals surface area contributed by atoms with Crippen molar-refractivity contribution in [3.63, 3.8) is 0 Å². The van der Waals surface area contributed by atoms with Gasteiger partial charge in [-0.05, 0) is 74.1 Å². The monoisotopic (exact) mass is 548 g/mol. The van der Waals surface area contributed by atoms with Gasteiger partial charge in [-0.1, -0.05) is 42.5 Å².